The lowest BCUT2D eigenvalue weighted by atomic mass is 9.70. The summed E-state index contributed by atoms with van der Waals surface area (Å²) in [5, 5.41) is 19.4. The minimum atomic E-state index is -4.71. The van der Waals surface area contributed by atoms with Crippen LogP contribution < -0.4 is 30.6 Å². The molecule has 0 saturated carbocycles. The fraction of sp³-hybridized carbons (Fsp3) is 0.426. The summed E-state index contributed by atoms with van der Waals surface area (Å²) < 4.78 is 42.4. The van der Waals surface area contributed by atoms with Crippen molar-refractivity contribution in [3.8, 4) is 0 Å². The number of Topliss-reactive ketones (excluding diaryl/α,β-unsaturated/α-hetero) is 1. The second-order valence-corrected chi connectivity index (χ2v) is 27.8. The highest BCUT2D eigenvalue weighted by Crippen LogP contribution is 2.45. The Morgan fingerprint density at radius 3 is 2.29 bits per heavy atom. The monoisotopic (exact) mass is 1350 g/mol. The molecule has 2 atom stereocenters. The number of piperidine rings is 1. The normalized spacial score (nSPS) is 19.6. The van der Waals surface area contributed by atoms with E-state index in [4.69, 9.17) is 30.9 Å². The van der Waals surface area contributed by atoms with E-state index in [1.54, 1.807) is 30.5 Å². The number of ether oxygens (including phenoxy) is 2. The van der Waals surface area contributed by atoms with Crippen LogP contribution in [0.3, 0.4) is 0 Å². The highest BCUT2D eigenvalue weighted by Gasteiger charge is 2.46. The Balaban J connectivity index is 0.616. The highest BCUT2D eigenvalue weighted by molar-refractivity contribution is 7.90. The van der Waals surface area contributed by atoms with Gasteiger partial charge in [-0.05, 0) is 103 Å². The third kappa shape index (κ3) is 15.3. The molecule has 2 unspecified atom stereocenters. The molecular weight excluding hydrogens is 1270 g/mol. The molecule has 3 saturated heterocycles. The molecule has 96 heavy (non-hydrogen) atoms. The maximum Gasteiger partial charge on any atom is 0.293 e. The number of hydrogen-bond acceptors (Lipinski definition) is 21. The van der Waals surface area contributed by atoms with Gasteiger partial charge in [-0.15, -0.1) is 0 Å². The summed E-state index contributed by atoms with van der Waals surface area (Å²) in [7, 11) is -4.71. The average molecular weight is 1350 g/mol. The molecule has 3 fully saturated rings. The Labute approximate surface area is 560 Å². The van der Waals surface area contributed by atoms with Crippen molar-refractivity contribution in [2.75, 3.05) is 139 Å². The third-order valence-electron chi connectivity index (χ3n) is 18.7. The van der Waals surface area contributed by atoms with Crippen LogP contribution in [0.25, 0.3) is 11.0 Å². The number of nitrogens with one attached hydrogen (secondary N) is 5. The first kappa shape index (κ1) is 67.3. The van der Waals surface area contributed by atoms with Crippen molar-refractivity contribution in [2.45, 2.75) is 69.2 Å². The molecule has 506 valence electrons. The van der Waals surface area contributed by atoms with E-state index in [1.165, 1.54) is 29.3 Å². The molecule has 7 heterocycles. The van der Waals surface area contributed by atoms with E-state index in [2.05, 4.69) is 77.5 Å². The van der Waals surface area contributed by atoms with Crippen molar-refractivity contribution in [1.82, 2.24) is 39.6 Å². The number of anilines is 5. The van der Waals surface area contributed by atoms with E-state index in [1.807, 2.05) is 35.2 Å². The fourth-order valence-corrected chi connectivity index (χ4v) is 14.6. The lowest BCUT2D eigenvalue weighted by Crippen LogP contribution is -2.54. The first-order chi connectivity index (χ1) is 46.3. The van der Waals surface area contributed by atoms with E-state index in [9.17, 15) is 47.3 Å². The highest BCUT2D eigenvalue weighted by atomic mass is 35.5. The van der Waals surface area contributed by atoms with Crippen LogP contribution in [0.4, 0.5) is 34.1 Å². The van der Waals surface area contributed by atoms with Crippen molar-refractivity contribution in [1.29, 1.82) is 0 Å². The number of sulfonamides is 1. The second-order valence-electron chi connectivity index (χ2n) is 25.7. The SMILES string of the molecule is CC1(C)CC=C(CN2CCN(c3ccc(N4CCCC(=O)c5nc6[nH]ccc6cc54)c(C(=O)NS(=O)(=O)c4ccc(NCCN5CCN(CCOCCOCCONc6cccc7c6C(=O)N(C6CCC(=O)NC6=O)C7=O)CC5)c([N+](=O)[O-])c4)c3)CC2)C(c2ccc(Cl)cc2)C1. The number of carbonyl (C=O) groups is 6. The van der Waals surface area contributed by atoms with Crippen LogP contribution in [0.5, 0.6) is 0 Å². The molecule has 28 heteroatoms. The number of imide groups is 2. The molecule has 12 rings (SSSR count). The Morgan fingerprint density at radius 2 is 1.53 bits per heavy atom. The number of allylic oxidation sites excluding steroid dienone is 1. The number of piperazine rings is 2. The quantitative estimate of drug-likeness (QED) is 0.0122. The van der Waals surface area contributed by atoms with Crippen molar-refractivity contribution in [3.63, 3.8) is 0 Å². The van der Waals surface area contributed by atoms with E-state index in [0.29, 0.717) is 93.2 Å². The van der Waals surface area contributed by atoms with E-state index in [-0.39, 0.29) is 83.4 Å². The van der Waals surface area contributed by atoms with Crippen LogP contribution in [-0.2, 0) is 33.9 Å². The Morgan fingerprint density at radius 1 is 0.792 bits per heavy atom. The number of hydrogen-bond donors (Lipinski definition) is 5. The zero-order valence-electron chi connectivity index (χ0n) is 53.6. The number of carbonyl (C=O) groups excluding carboxylic acids is 6. The van der Waals surface area contributed by atoms with Crippen LogP contribution in [0.1, 0.15) is 105 Å². The number of nitro benzene ring substituents is 1. The lowest BCUT2D eigenvalue weighted by Gasteiger charge is -2.40. The minimum Gasteiger partial charge on any atom is -0.378 e. The Bertz CT molecular complexity index is 4110. The maximum absolute atomic E-state index is 14.8. The maximum atomic E-state index is 14.8. The molecule has 5 amide bonds. The number of halogens is 1. The summed E-state index contributed by atoms with van der Waals surface area (Å²) in [6, 6.07) is 24.4. The van der Waals surface area contributed by atoms with Gasteiger partial charge < -0.3 is 29.6 Å². The standard InChI is InChI=1S/C68H78ClN13O13S/c1-68(2)20-18-46(52(42-68)44-8-10-47(69)11-9-44)43-78-29-31-79(32-30-78)48-12-15-55(80-23-4-7-59(83)62-58(80)39-45-19-21-71-63(45)73-62)51(40-48)64(85)75-96(91,92)49-13-14-53(57(41-49)82(89)90)70-22-24-76-25-27-77(28-26-76)33-34-93-35-36-94-37-38-95-74-54-6-3-5-50-61(54)67(88)81(66(50)87)56-16-17-60(84)72-65(56)86/h3,5-6,8-15,18-19,21,39-41,52,56,70,74H,4,7,16-17,20,22-38,42-43H2,1-2H3,(H,71,73)(H,75,85)(H,72,84,86). The smallest absolute Gasteiger partial charge is 0.293 e. The van der Waals surface area contributed by atoms with Gasteiger partial charge in [-0.3, -0.25) is 74.1 Å². The van der Waals surface area contributed by atoms with Gasteiger partial charge in [0.2, 0.25) is 11.8 Å². The average Bonchev–Trinajstić information content (AvgIpc) is 1.55. The van der Waals surface area contributed by atoms with Gasteiger partial charge in [0.15, 0.2) is 5.78 Å². The predicted octanol–water partition coefficient (Wildman–Crippen LogP) is 7.52. The number of pyridine rings is 1. The number of nitro groups is 1. The predicted molar refractivity (Wildman–Crippen MR) is 360 cm³/mol. The summed E-state index contributed by atoms with van der Waals surface area (Å²) >= 11 is 6.30. The fourth-order valence-electron chi connectivity index (χ4n) is 13.5. The number of nitrogens with zero attached hydrogens (tertiary/aromatic N) is 8. The summed E-state index contributed by atoms with van der Waals surface area (Å²) in [5.41, 5.74) is 8.01. The summed E-state index contributed by atoms with van der Waals surface area (Å²) in [4.78, 5) is 116. The van der Waals surface area contributed by atoms with Gasteiger partial charge in [0.25, 0.3) is 33.4 Å². The van der Waals surface area contributed by atoms with Crippen LogP contribution >= 0.6 is 11.6 Å². The molecule has 26 nitrogen and oxygen atoms in total. The van der Waals surface area contributed by atoms with E-state index < -0.39 is 61.1 Å². The van der Waals surface area contributed by atoms with E-state index >= 15 is 0 Å². The number of fused-ring (bicyclic) bond motifs is 3. The zero-order valence-corrected chi connectivity index (χ0v) is 55.2. The number of ketones is 1. The van der Waals surface area contributed by atoms with Crippen LogP contribution in [0.2, 0.25) is 5.02 Å². The second kappa shape index (κ2) is 29.4. The number of aromatic amines is 1. The molecule has 0 spiro atoms. The van der Waals surface area contributed by atoms with Gasteiger partial charge >= 0.3 is 0 Å². The van der Waals surface area contributed by atoms with Crippen molar-refractivity contribution >= 4 is 102 Å². The third-order valence-corrected chi connectivity index (χ3v) is 20.3. The van der Waals surface area contributed by atoms with Crippen molar-refractivity contribution in [3.05, 3.63) is 152 Å². The molecule has 0 bridgehead atoms. The molecule has 6 aromatic rings. The van der Waals surface area contributed by atoms with Gasteiger partial charge in [0.1, 0.15) is 23.1 Å². The first-order valence-corrected chi connectivity index (χ1v) is 34.4. The molecular formula is C68H78ClN13O13S. The Kier molecular flexibility index (Phi) is 20.6. The molecule has 1 aliphatic carbocycles. The largest absolute Gasteiger partial charge is 0.378 e. The number of rotatable bonds is 25. The number of benzene rings is 4. The molecule has 5 aliphatic heterocycles. The number of H-pyrrole nitrogens is 1. The van der Waals surface area contributed by atoms with Gasteiger partial charge in [0.05, 0.1) is 76.6 Å². The molecule has 2 aromatic heterocycles. The molecule has 6 aliphatic rings. The topological polar surface area (TPSA) is 304 Å². The number of aromatic nitrogens is 2. The summed E-state index contributed by atoms with van der Waals surface area (Å²) in [6.45, 7) is 14.6. The Hall–Kier alpha value is -8.67. The van der Waals surface area contributed by atoms with Crippen LogP contribution in [0, 0.1) is 15.5 Å². The summed E-state index contributed by atoms with van der Waals surface area (Å²) in [5.74, 6) is -3.25. The molecule has 4 aromatic carbocycles. The van der Waals surface area contributed by atoms with Crippen molar-refractivity contribution in [2.24, 2.45) is 5.41 Å². The molecule has 0 radical (unpaired) electrons. The summed E-state index contributed by atoms with van der Waals surface area (Å²) in [6.07, 6.45) is 6.88. The molecule has 5 N–H and O–H groups in total. The van der Waals surface area contributed by atoms with E-state index in [0.717, 1.165) is 75.0 Å². The first-order valence-electron chi connectivity index (χ1n) is 32.5. The van der Waals surface area contributed by atoms with Gasteiger partial charge in [-0.25, -0.2) is 18.1 Å². The van der Waals surface area contributed by atoms with Crippen molar-refractivity contribution < 1.29 is 56.4 Å². The van der Waals surface area contributed by atoms with Crippen LogP contribution in [-0.4, -0.2) is 202 Å². The van der Waals surface area contributed by atoms with Gasteiger partial charge in [-0.2, -0.15) is 0 Å². The van der Waals surface area contributed by atoms with Crippen LogP contribution in [0.15, 0.2) is 114 Å². The zero-order chi connectivity index (χ0) is 67.3. The number of amides is 5. The lowest BCUT2D eigenvalue weighted by molar-refractivity contribution is -0.384. The minimum absolute atomic E-state index is 0.0190. The van der Waals surface area contributed by atoms with Gasteiger partial charge in [-0.1, -0.05) is 55.3 Å². The van der Waals surface area contributed by atoms with Gasteiger partial charge in [0, 0.05) is 132 Å².